The van der Waals surface area contributed by atoms with Crippen LogP contribution in [0.1, 0.15) is 32.3 Å². The van der Waals surface area contributed by atoms with Crippen LogP contribution in [0, 0.1) is 5.92 Å². The lowest BCUT2D eigenvalue weighted by molar-refractivity contribution is -0.127. The summed E-state index contributed by atoms with van der Waals surface area (Å²) in [5, 5.41) is 5.59. The number of hydrogen-bond donors (Lipinski definition) is 2. The van der Waals surface area contributed by atoms with Crippen LogP contribution in [0.15, 0.2) is 48.0 Å². The number of guanidine groups is 1. The van der Waals surface area contributed by atoms with E-state index in [2.05, 4.69) is 17.2 Å². The number of hydrogen-bond acceptors (Lipinski definition) is 7. The number of nitrogens with one attached hydrogen (secondary N) is 2. The number of ether oxygens (including phenoxy) is 3. The molecule has 2 saturated heterocycles. The predicted molar refractivity (Wildman–Crippen MR) is 139 cm³/mol. The number of carbonyl (C=O) groups excluding carboxylic acids is 3. The first-order valence-electron chi connectivity index (χ1n) is 12.8. The predicted octanol–water partition coefficient (Wildman–Crippen LogP) is 2.09. The molecule has 4 unspecified atom stereocenters. The van der Waals surface area contributed by atoms with E-state index in [9.17, 15) is 14.4 Å². The first kappa shape index (κ1) is 28.3. The van der Waals surface area contributed by atoms with E-state index in [1.807, 2.05) is 49.1 Å². The van der Waals surface area contributed by atoms with Gasteiger partial charge in [-0.3, -0.25) is 14.9 Å². The fraction of sp³-hybridized carbons (Fsp3) is 0.556. The Bertz CT molecular complexity index is 947. The van der Waals surface area contributed by atoms with Crippen molar-refractivity contribution in [2.75, 3.05) is 39.5 Å². The molecule has 2 N–H and O–H groups in total. The molecule has 2 amide bonds. The summed E-state index contributed by atoms with van der Waals surface area (Å²) in [4.78, 5) is 45.1. The highest BCUT2D eigenvalue weighted by Crippen LogP contribution is 2.19. The average molecular weight is 515 g/mol. The van der Waals surface area contributed by atoms with E-state index in [4.69, 9.17) is 19.2 Å². The van der Waals surface area contributed by atoms with Crippen molar-refractivity contribution in [3.05, 3.63) is 48.6 Å². The van der Waals surface area contributed by atoms with Crippen LogP contribution in [0.3, 0.4) is 0 Å². The molecule has 10 nitrogen and oxygen atoms in total. The number of nitrogens with zero attached hydrogens (tertiary/aromatic N) is 2. The van der Waals surface area contributed by atoms with Gasteiger partial charge in [-0.25, -0.2) is 9.79 Å². The van der Waals surface area contributed by atoms with Crippen LogP contribution < -0.4 is 10.6 Å². The van der Waals surface area contributed by atoms with Gasteiger partial charge in [-0.2, -0.15) is 0 Å². The zero-order chi connectivity index (χ0) is 26.6. The summed E-state index contributed by atoms with van der Waals surface area (Å²) < 4.78 is 16.2. The molecule has 2 fully saturated rings. The quantitative estimate of drug-likeness (QED) is 0.279. The zero-order valence-corrected chi connectivity index (χ0v) is 21.7. The number of alkyl carbamates (subject to hydrolysis) is 1. The third-order valence-electron chi connectivity index (χ3n) is 6.50. The van der Waals surface area contributed by atoms with E-state index in [1.165, 1.54) is 6.08 Å². The van der Waals surface area contributed by atoms with Crippen molar-refractivity contribution < 1.29 is 28.6 Å². The minimum absolute atomic E-state index is 0.0442. The van der Waals surface area contributed by atoms with E-state index in [1.54, 1.807) is 0 Å². The molecule has 10 heteroatoms. The Morgan fingerprint density at radius 2 is 2.00 bits per heavy atom. The molecule has 1 aromatic rings. The highest BCUT2D eigenvalue weighted by Gasteiger charge is 2.38. The molecular formula is C27H38N4O6. The van der Waals surface area contributed by atoms with Crippen LogP contribution in [0.2, 0.25) is 0 Å². The van der Waals surface area contributed by atoms with E-state index < -0.39 is 24.3 Å². The van der Waals surface area contributed by atoms with Crippen LogP contribution in [-0.2, 0) is 30.2 Å². The Balaban J connectivity index is 1.80. The monoisotopic (exact) mass is 514 g/mol. The summed E-state index contributed by atoms with van der Waals surface area (Å²) in [7, 11) is 0. The van der Waals surface area contributed by atoms with Gasteiger partial charge >= 0.3 is 6.09 Å². The maximum Gasteiger partial charge on any atom is 0.414 e. The SMILES string of the molecule is C=CCOC(=O)NC(=NC(CC(C)CC)C(=O)NC1C(=O)COC1Cc1ccccc1)N1CCOCC1. The van der Waals surface area contributed by atoms with Gasteiger partial charge in [0.15, 0.2) is 5.78 Å². The normalized spacial score (nSPS) is 21.7. The molecule has 2 aliphatic heterocycles. The highest BCUT2D eigenvalue weighted by atomic mass is 16.5. The molecule has 0 aliphatic carbocycles. The molecule has 2 heterocycles. The van der Waals surface area contributed by atoms with Gasteiger partial charge in [0.1, 0.15) is 25.3 Å². The van der Waals surface area contributed by atoms with Crippen LogP contribution >= 0.6 is 0 Å². The van der Waals surface area contributed by atoms with Crippen molar-refractivity contribution in [1.29, 1.82) is 0 Å². The minimum Gasteiger partial charge on any atom is -0.445 e. The Morgan fingerprint density at radius 1 is 1.27 bits per heavy atom. The van der Waals surface area contributed by atoms with E-state index in [0.717, 1.165) is 12.0 Å². The maximum atomic E-state index is 13.5. The first-order chi connectivity index (χ1) is 17.9. The largest absolute Gasteiger partial charge is 0.445 e. The van der Waals surface area contributed by atoms with Gasteiger partial charge in [-0.05, 0) is 17.9 Å². The number of Topliss-reactive ketones (excluding diaryl/α,β-unsaturated/α-hetero) is 1. The molecule has 202 valence electrons. The Kier molecular flexibility index (Phi) is 11.1. The highest BCUT2D eigenvalue weighted by molar-refractivity contribution is 5.97. The number of carbonyl (C=O) groups is 3. The van der Waals surface area contributed by atoms with Gasteiger partial charge in [-0.15, -0.1) is 0 Å². The fourth-order valence-corrected chi connectivity index (χ4v) is 4.17. The number of benzene rings is 1. The summed E-state index contributed by atoms with van der Waals surface area (Å²) >= 11 is 0. The number of amides is 2. The summed E-state index contributed by atoms with van der Waals surface area (Å²) in [5.74, 6) is -0.112. The van der Waals surface area contributed by atoms with Crippen LogP contribution in [0.5, 0.6) is 0 Å². The molecule has 2 aliphatic rings. The van der Waals surface area contributed by atoms with Crippen molar-refractivity contribution in [2.45, 2.75) is 51.3 Å². The number of rotatable bonds is 10. The van der Waals surface area contributed by atoms with Crippen molar-refractivity contribution in [1.82, 2.24) is 15.5 Å². The second-order valence-electron chi connectivity index (χ2n) is 9.32. The maximum absolute atomic E-state index is 13.5. The van der Waals surface area contributed by atoms with Crippen LogP contribution in [0.25, 0.3) is 0 Å². The fourth-order valence-electron chi connectivity index (χ4n) is 4.17. The van der Waals surface area contributed by atoms with Gasteiger partial charge in [0.25, 0.3) is 0 Å². The van der Waals surface area contributed by atoms with Crippen LogP contribution in [0.4, 0.5) is 4.79 Å². The summed E-state index contributed by atoms with van der Waals surface area (Å²) in [5.41, 5.74) is 1.02. The van der Waals surface area contributed by atoms with E-state index in [-0.39, 0.29) is 36.8 Å². The molecule has 0 saturated carbocycles. The second-order valence-corrected chi connectivity index (χ2v) is 9.32. The Labute approximate surface area is 218 Å². The van der Waals surface area contributed by atoms with Crippen LogP contribution in [-0.4, -0.2) is 86.3 Å². The van der Waals surface area contributed by atoms with Gasteiger partial charge < -0.3 is 24.4 Å². The van der Waals surface area contributed by atoms with Crippen molar-refractivity contribution in [3.8, 4) is 0 Å². The standard InChI is InChI=1S/C27H38N4O6/c1-4-13-36-27(34)30-26(31-11-14-35-15-12-31)28-21(16-19(3)5-2)25(33)29-24-22(32)18-37-23(24)17-20-9-7-6-8-10-20/h4,6-10,19,21,23-24H,1,5,11-18H2,2-3H3,(H,29,33)(H,28,30,34). The van der Waals surface area contributed by atoms with Crippen molar-refractivity contribution >= 4 is 23.7 Å². The molecule has 0 radical (unpaired) electrons. The van der Waals surface area contributed by atoms with Crippen molar-refractivity contribution in [3.63, 3.8) is 0 Å². The number of morpholine rings is 1. The zero-order valence-electron chi connectivity index (χ0n) is 21.7. The summed E-state index contributed by atoms with van der Waals surface area (Å²) in [6.45, 7) is 9.59. The Hall–Kier alpha value is -3.24. The van der Waals surface area contributed by atoms with E-state index >= 15 is 0 Å². The van der Waals surface area contributed by atoms with Gasteiger partial charge in [0.2, 0.25) is 11.9 Å². The minimum atomic E-state index is -0.821. The molecule has 0 spiro atoms. The third-order valence-corrected chi connectivity index (χ3v) is 6.50. The lowest BCUT2D eigenvalue weighted by atomic mass is 9.97. The molecule has 37 heavy (non-hydrogen) atoms. The van der Waals surface area contributed by atoms with Gasteiger partial charge in [0, 0.05) is 19.5 Å². The topological polar surface area (TPSA) is 119 Å². The molecular weight excluding hydrogens is 476 g/mol. The summed E-state index contributed by atoms with van der Waals surface area (Å²) in [6, 6.07) is 8.12. The second kappa shape index (κ2) is 14.5. The molecule has 1 aromatic carbocycles. The average Bonchev–Trinajstić information content (AvgIpc) is 3.25. The van der Waals surface area contributed by atoms with E-state index in [0.29, 0.717) is 39.1 Å². The lowest BCUT2D eigenvalue weighted by Gasteiger charge is -2.31. The molecule has 4 atom stereocenters. The molecule has 0 bridgehead atoms. The number of aliphatic imine (C=N–C) groups is 1. The lowest BCUT2D eigenvalue weighted by Crippen LogP contribution is -2.52. The van der Waals surface area contributed by atoms with Gasteiger partial charge in [0.05, 0.1) is 19.3 Å². The van der Waals surface area contributed by atoms with Crippen molar-refractivity contribution in [2.24, 2.45) is 10.9 Å². The smallest absolute Gasteiger partial charge is 0.414 e. The first-order valence-corrected chi connectivity index (χ1v) is 12.8. The Morgan fingerprint density at radius 3 is 2.68 bits per heavy atom. The summed E-state index contributed by atoms with van der Waals surface area (Å²) in [6.07, 6.45) is 2.13. The third kappa shape index (κ3) is 8.68. The number of ketones is 1. The molecule has 3 rings (SSSR count). The van der Waals surface area contributed by atoms with Gasteiger partial charge in [-0.1, -0.05) is 63.3 Å². The molecule has 0 aromatic heterocycles.